The second-order valence-corrected chi connectivity index (χ2v) is 5.16. The van der Waals surface area contributed by atoms with Crippen molar-refractivity contribution in [2.45, 2.75) is 20.0 Å². The Morgan fingerprint density at radius 2 is 1.55 bits per heavy atom. The Morgan fingerprint density at radius 3 is 2.15 bits per heavy atom. The van der Waals surface area contributed by atoms with Crippen molar-refractivity contribution in [1.29, 1.82) is 0 Å². The normalized spacial score (nSPS) is 11.1. The number of hydrogen-bond donors (Lipinski definition) is 0. The van der Waals surface area contributed by atoms with E-state index in [1.165, 1.54) is 0 Å². The van der Waals surface area contributed by atoms with Gasteiger partial charge in [-0.15, -0.1) is 0 Å². The third-order valence-corrected chi connectivity index (χ3v) is 3.75. The van der Waals surface area contributed by atoms with E-state index in [9.17, 15) is 4.79 Å². The topological polar surface area (TPSA) is 26.9 Å². The minimum absolute atomic E-state index is 0.0312. The van der Waals surface area contributed by atoms with E-state index in [2.05, 4.69) is 0 Å². The van der Waals surface area contributed by atoms with Crippen LogP contribution >= 0.6 is 11.6 Å². The fourth-order valence-electron chi connectivity index (χ4n) is 2.50. The molecular weight excluding hydrogens is 272 g/mol. The summed E-state index contributed by atoms with van der Waals surface area (Å²) >= 11 is 5.89. The highest BCUT2D eigenvalue weighted by Gasteiger charge is 2.11. The molecule has 0 amide bonds. The Hall–Kier alpha value is -2.00. The summed E-state index contributed by atoms with van der Waals surface area (Å²) in [5.41, 5.74) is 3.04. The lowest BCUT2D eigenvalue weighted by molar-refractivity contribution is 0.684. The summed E-state index contributed by atoms with van der Waals surface area (Å²) in [6, 6.07) is 15.5. The van der Waals surface area contributed by atoms with Gasteiger partial charge in [-0.25, -0.2) is 4.79 Å². The summed E-state index contributed by atoms with van der Waals surface area (Å²) in [7, 11) is 0. The van der Waals surface area contributed by atoms with Gasteiger partial charge in [-0.3, -0.25) is 9.13 Å². The summed E-state index contributed by atoms with van der Waals surface area (Å²) in [6.45, 7) is 3.22. The molecule has 2 aromatic carbocycles. The molecule has 0 aliphatic heterocycles. The molecule has 4 heteroatoms. The molecular formula is C16H15ClN2O. The molecule has 0 unspecified atom stereocenters. The van der Waals surface area contributed by atoms with Crippen LogP contribution in [0, 0.1) is 0 Å². The molecule has 0 aliphatic rings. The summed E-state index contributed by atoms with van der Waals surface area (Å²) in [4.78, 5) is 12.5. The molecule has 0 aliphatic carbocycles. The first-order valence-corrected chi connectivity index (χ1v) is 7.01. The minimum atomic E-state index is 0.0312. The molecule has 0 N–H and O–H groups in total. The number of nitrogens with zero attached hydrogens (tertiary/aromatic N) is 2. The van der Waals surface area contributed by atoms with Gasteiger partial charge in [0.05, 0.1) is 17.6 Å². The van der Waals surface area contributed by atoms with Crippen LogP contribution in [0.2, 0.25) is 5.02 Å². The molecule has 0 bridgehead atoms. The van der Waals surface area contributed by atoms with Gasteiger partial charge in [0.25, 0.3) is 0 Å². The molecule has 0 radical (unpaired) electrons. The van der Waals surface area contributed by atoms with Gasteiger partial charge in [0, 0.05) is 11.6 Å². The average molecular weight is 287 g/mol. The van der Waals surface area contributed by atoms with Gasteiger partial charge >= 0.3 is 5.69 Å². The van der Waals surface area contributed by atoms with Crippen LogP contribution in [0.25, 0.3) is 11.0 Å². The summed E-state index contributed by atoms with van der Waals surface area (Å²) < 4.78 is 3.60. The van der Waals surface area contributed by atoms with Gasteiger partial charge in [-0.2, -0.15) is 0 Å². The third kappa shape index (κ3) is 2.14. The number of hydrogen-bond acceptors (Lipinski definition) is 1. The third-order valence-electron chi connectivity index (χ3n) is 3.50. The first-order valence-electron chi connectivity index (χ1n) is 6.63. The number of aryl methyl sites for hydroxylation is 1. The molecule has 0 spiro atoms. The predicted octanol–water partition coefficient (Wildman–Crippen LogP) is 3.52. The van der Waals surface area contributed by atoms with E-state index in [0.717, 1.165) is 16.6 Å². The number of rotatable bonds is 3. The van der Waals surface area contributed by atoms with Crippen molar-refractivity contribution in [2.75, 3.05) is 0 Å². The first kappa shape index (κ1) is 13.0. The van der Waals surface area contributed by atoms with Gasteiger partial charge in [0.1, 0.15) is 0 Å². The highest BCUT2D eigenvalue weighted by molar-refractivity contribution is 6.30. The molecule has 1 heterocycles. The molecule has 3 aromatic rings. The zero-order valence-electron chi connectivity index (χ0n) is 11.2. The molecule has 0 atom stereocenters. The Morgan fingerprint density at radius 1 is 0.950 bits per heavy atom. The van der Waals surface area contributed by atoms with Crippen LogP contribution in [0.1, 0.15) is 12.5 Å². The van der Waals surface area contributed by atoms with E-state index >= 15 is 0 Å². The number of fused-ring (bicyclic) bond motifs is 1. The van der Waals surface area contributed by atoms with Gasteiger partial charge < -0.3 is 0 Å². The van der Waals surface area contributed by atoms with Crippen LogP contribution in [-0.2, 0) is 13.1 Å². The van der Waals surface area contributed by atoms with Crippen molar-refractivity contribution in [3.8, 4) is 0 Å². The lowest BCUT2D eigenvalue weighted by atomic mass is 10.2. The maximum absolute atomic E-state index is 12.5. The predicted molar refractivity (Wildman–Crippen MR) is 82.4 cm³/mol. The number of para-hydroxylation sites is 2. The van der Waals surface area contributed by atoms with Crippen molar-refractivity contribution in [2.24, 2.45) is 0 Å². The van der Waals surface area contributed by atoms with Gasteiger partial charge in [-0.05, 0) is 36.8 Å². The quantitative estimate of drug-likeness (QED) is 0.724. The van der Waals surface area contributed by atoms with E-state index < -0.39 is 0 Å². The molecule has 1 aromatic heterocycles. The van der Waals surface area contributed by atoms with E-state index in [1.54, 1.807) is 4.57 Å². The highest BCUT2D eigenvalue weighted by atomic mass is 35.5. The van der Waals surface area contributed by atoms with Crippen molar-refractivity contribution >= 4 is 22.6 Å². The number of halogens is 1. The Balaban J connectivity index is 2.14. The van der Waals surface area contributed by atoms with Crippen LogP contribution in [0.3, 0.4) is 0 Å². The van der Waals surface area contributed by atoms with Crippen molar-refractivity contribution < 1.29 is 0 Å². The fraction of sp³-hybridized carbons (Fsp3) is 0.188. The Labute approximate surface area is 122 Å². The van der Waals surface area contributed by atoms with Gasteiger partial charge in [0.2, 0.25) is 0 Å². The monoisotopic (exact) mass is 286 g/mol. The molecule has 3 nitrogen and oxygen atoms in total. The van der Waals surface area contributed by atoms with Crippen molar-refractivity contribution in [3.63, 3.8) is 0 Å². The van der Waals surface area contributed by atoms with Crippen molar-refractivity contribution in [1.82, 2.24) is 9.13 Å². The average Bonchev–Trinajstić information content (AvgIpc) is 2.74. The number of imidazole rings is 1. The lowest BCUT2D eigenvalue weighted by Crippen LogP contribution is -2.24. The zero-order valence-corrected chi connectivity index (χ0v) is 12.0. The fourth-order valence-corrected chi connectivity index (χ4v) is 2.63. The molecule has 0 saturated carbocycles. The second kappa shape index (κ2) is 5.17. The lowest BCUT2D eigenvalue weighted by Gasteiger charge is -2.03. The van der Waals surface area contributed by atoms with Gasteiger partial charge in [0.15, 0.2) is 0 Å². The van der Waals surface area contributed by atoms with Crippen LogP contribution < -0.4 is 5.69 Å². The van der Waals surface area contributed by atoms with Crippen LogP contribution in [0.5, 0.6) is 0 Å². The minimum Gasteiger partial charge on any atom is -0.292 e. The summed E-state index contributed by atoms with van der Waals surface area (Å²) in [5, 5.41) is 0.706. The molecule has 3 rings (SSSR count). The number of benzene rings is 2. The largest absolute Gasteiger partial charge is 0.329 e. The first-order chi connectivity index (χ1) is 9.70. The van der Waals surface area contributed by atoms with E-state index in [-0.39, 0.29) is 5.69 Å². The van der Waals surface area contributed by atoms with Crippen LogP contribution in [-0.4, -0.2) is 9.13 Å². The van der Waals surface area contributed by atoms with E-state index in [1.807, 2.05) is 60.0 Å². The summed E-state index contributed by atoms with van der Waals surface area (Å²) in [5.74, 6) is 0. The summed E-state index contributed by atoms with van der Waals surface area (Å²) in [6.07, 6.45) is 0. The highest BCUT2D eigenvalue weighted by Crippen LogP contribution is 2.15. The van der Waals surface area contributed by atoms with Crippen LogP contribution in [0.15, 0.2) is 53.3 Å². The molecule has 20 heavy (non-hydrogen) atoms. The maximum Gasteiger partial charge on any atom is 0.329 e. The van der Waals surface area contributed by atoms with E-state index in [4.69, 9.17) is 11.6 Å². The standard InChI is InChI=1S/C16H15ClN2O/c1-2-18-14-5-3-4-6-15(14)19(16(18)20)11-12-7-9-13(17)10-8-12/h3-10H,2,11H2,1H3. The zero-order chi connectivity index (χ0) is 14.1. The van der Waals surface area contributed by atoms with Gasteiger partial charge in [-0.1, -0.05) is 35.9 Å². The second-order valence-electron chi connectivity index (χ2n) is 4.73. The van der Waals surface area contributed by atoms with Crippen molar-refractivity contribution in [3.05, 3.63) is 69.6 Å². The Kier molecular flexibility index (Phi) is 3.36. The SMILES string of the molecule is CCn1c(=O)n(Cc2ccc(Cl)cc2)c2ccccc21. The van der Waals surface area contributed by atoms with Crippen LogP contribution in [0.4, 0.5) is 0 Å². The molecule has 102 valence electrons. The molecule has 0 saturated heterocycles. The van der Waals surface area contributed by atoms with E-state index in [0.29, 0.717) is 18.1 Å². The number of aromatic nitrogens is 2. The Bertz CT molecular complexity index is 799. The molecule has 0 fully saturated rings. The smallest absolute Gasteiger partial charge is 0.292 e. The maximum atomic E-state index is 12.5.